The van der Waals surface area contributed by atoms with Crippen LogP contribution in [0.4, 0.5) is 4.39 Å². The maximum atomic E-state index is 16.0. The van der Waals surface area contributed by atoms with Crippen molar-refractivity contribution >= 4 is 13.7 Å². The number of nitrogens with zero attached hydrogens (tertiary/aromatic N) is 1. The summed E-state index contributed by atoms with van der Waals surface area (Å²) in [5.74, 6) is -3.82. The molecule has 1 aromatic heterocycles. The van der Waals surface area contributed by atoms with Crippen LogP contribution >= 0.6 is 7.75 Å². The number of para-hydroxylation sites is 1. The summed E-state index contributed by atoms with van der Waals surface area (Å²) in [7, 11) is -4.66. The molecule has 3 aliphatic rings. The Bertz CT molecular complexity index is 1430. The summed E-state index contributed by atoms with van der Waals surface area (Å²) in [6, 6.07) is 7.45. The average molecular weight is 584 g/mol. The number of aromatic nitrogens is 2. The van der Waals surface area contributed by atoms with Gasteiger partial charge >= 0.3 is 19.4 Å². The van der Waals surface area contributed by atoms with Gasteiger partial charge in [0.2, 0.25) is 0 Å². The number of aliphatic hydroxyl groups is 2. The number of halogens is 1. The highest BCUT2D eigenvalue weighted by Crippen LogP contribution is 2.71. The number of H-pyrrole nitrogens is 1. The first-order valence-corrected chi connectivity index (χ1v) is 14.5. The molecule has 4 N–H and O–H groups in total. The zero-order chi connectivity index (χ0) is 28.9. The number of nitrogens with one attached hydrogen (secondary N) is 2. The third-order valence-corrected chi connectivity index (χ3v) is 9.19. The first kappa shape index (κ1) is 28.7. The molecule has 15 heteroatoms. The second-order valence-electron chi connectivity index (χ2n) is 10.5. The molecule has 3 unspecified atom stereocenters. The van der Waals surface area contributed by atoms with Crippen LogP contribution in [0.15, 0.2) is 52.2 Å². The molecule has 2 aromatic rings. The predicted molar refractivity (Wildman–Crippen MR) is 136 cm³/mol. The van der Waals surface area contributed by atoms with Gasteiger partial charge in [0.1, 0.15) is 23.5 Å². The molecule has 2 saturated carbocycles. The zero-order valence-electron chi connectivity index (χ0n) is 21.8. The number of hydrogen-bond acceptors (Lipinski definition) is 10. The van der Waals surface area contributed by atoms with Crippen LogP contribution in [0.3, 0.4) is 0 Å². The number of carbonyl (C=O) groups excluding carboxylic acids is 1. The number of esters is 1. The Balaban J connectivity index is 1.38. The van der Waals surface area contributed by atoms with E-state index in [0.717, 1.165) is 38.4 Å². The summed E-state index contributed by atoms with van der Waals surface area (Å²) < 4.78 is 52.4. The van der Waals surface area contributed by atoms with Crippen molar-refractivity contribution in [1.82, 2.24) is 14.6 Å². The van der Waals surface area contributed by atoms with Gasteiger partial charge in [-0.25, -0.2) is 13.8 Å². The Kier molecular flexibility index (Phi) is 7.30. The third-order valence-electron chi connectivity index (χ3n) is 7.55. The Labute approximate surface area is 227 Å². The number of hydrogen-bond donors (Lipinski definition) is 4. The highest BCUT2D eigenvalue weighted by molar-refractivity contribution is 7.52. The van der Waals surface area contributed by atoms with Gasteiger partial charge < -0.3 is 24.2 Å². The minimum Gasteiger partial charge on any atom is -0.461 e. The van der Waals surface area contributed by atoms with Crippen LogP contribution in [0.1, 0.15) is 52.2 Å². The summed E-state index contributed by atoms with van der Waals surface area (Å²) >= 11 is 0. The molecule has 40 heavy (non-hydrogen) atoms. The van der Waals surface area contributed by atoms with Gasteiger partial charge in [0.05, 0.1) is 0 Å². The Hall–Kier alpha value is -2.87. The molecular formula is C25H31FN3O10P. The van der Waals surface area contributed by atoms with Crippen molar-refractivity contribution in [3.63, 3.8) is 0 Å². The first-order chi connectivity index (χ1) is 18.8. The molecule has 0 amide bonds. The van der Waals surface area contributed by atoms with Crippen molar-refractivity contribution in [2.24, 2.45) is 0 Å². The molecule has 0 spiro atoms. The van der Waals surface area contributed by atoms with E-state index in [9.17, 15) is 29.2 Å². The Morgan fingerprint density at radius 3 is 2.48 bits per heavy atom. The van der Waals surface area contributed by atoms with E-state index in [4.69, 9.17) is 18.5 Å². The lowest BCUT2D eigenvalue weighted by molar-refractivity contribution is -0.180. The van der Waals surface area contributed by atoms with E-state index >= 15 is 4.39 Å². The van der Waals surface area contributed by atoms with E-state index in [1.54, 1.807) is 18.2 Å². The molecule has 2 aliphatic carbocycles. The number of rotatable bonds is 9. The Morgan fingerprint density at radius 1 is 1.20 bits per heavy atom. The van der Waals surface area contributed by atoms with Gasteiger partial charge in [-0.2, -0.15) is 5.09 Å². The van der Waals surface area contributed by atoms with Gasteiger partial charge in [0, 0.05) is 12.3 Å². The summed E-state index contributed by atoms with van der Waals surface area (Å²) in [4.78, 5) is 38.4. The van der Waals surface area contributed by atoms with Crippen LogP contribution in [0.5, 0.6) is 5.75 Å². The molecule has 2 heterocycles. The predicted octanol–water partition coefficient (Wildman–Crippen LogP) is 1.65. The maximum Gasteiger partial charge on any atom is 0.460 e. The van der Waals surface area contributed by atoms with E-state index in [1.807, 2.05) is 4.98 Å². The van der Waals surface area contributed by atoms with Crippen LogP contribution in [0.2, 0.25) is 0 Å². The van der Waals surface area contributed by atoms with Crippen molar-refractivity contribution in [3.8, 4) is 5.75 Å². The van der Waals surface area contributed by atoms with Gasteiger partial charge in [-0.3, -0.25) is 23.7 Å². The molecular weight excluding hydrogens is 552 g/mol. The van der Waals surface area contributed by atoms with Crippen LogP contribution < -0.4 is 20.9 Å². The summed E-state index contributed by atoms with van der Waals surface area (Å²) in [5, 5.41) is 24.8. The minimum absolute atomic E-state index is 0.0437. The van der Waals surface area contributed by atoms with E-state index in [0.29, 0.717) is 17.4 Å². The second kappa shape index (κ2) is 10.2. The minimum atomic E-state index is -4.66. The first-order valence-electron chi connectivity index (χ1n) is 12.9. The fraction of sp³-hybridized carbons (Fsp3) is 0.560. The smallest absolute Gasteiger partial charge is 0.460 e. The van der Waals surface area contributed by atoms with Gasteiger partial charge in [0.15, 0.2) is 17.9 Å². The highest BCUT2D eigenvalue weighted by atomic mass is 31.2. The average Bonchev–Trinajstić information content (AvgIpc) is 3.30. The lowest BCUT2D eigenvalue weighted by atomic mass is 9.95. The topological polar surface area (TPSA) is 178 Å². The fourth-order valence-electron chi connectivity index (χ4n) is 5.26. The van der Waals surface area contributed by atoms with Gasteiger partial charge in [0.25, 0.3) is 11.4 Å². The summed E-state index contributed by atoms with van der Waals surface area (Å²) in [6.07, 6.45) is 1.15. The van der Waals surface area contributed by atoms with Crippen molar-refractivity contribution < 1.29 is 42.5 Å². The molecule has 1 aliphatic heterocycles. The number of fused-ring (bicyclic) bond motifs is 1. The number of aromatic amines is 1. The molecule has 1 saturated heterocycles. The van der Waals surface area contributed by atoms with E-state index in [2.05, 4.69) is 5.09 Å². The molecule has 218 valence electrons. The maximum absolute atomic E-state index is 16.0. The zero-order valence-corrected chi connectivity index (χ0v) is 22.7. The molecule has 13 nitrogen and oxygen atoms in total. The van der Waals surface area contributed by atoms with Crippen LogP contribution in [-0.4, -0.2) is 61.0 Å². The molecule has 0 bridgehead atoms. The molecule has 3 fully saturated rings. The van der Waals surface area contributed by atoms with Crippen LogP contribution in [0, 0.1) is 0 Å². The lowest BCUT2D eigenvalue weighted by Gasteiger charge is -2.33. The number of ether oxygens (including phenoxy) is 2. The summed E-state index contributed by atoms with van der Waals surface area (Å²) in [6.45, 7) is 2.37. The largest absolute Gasteiger partial charge is 0.461 e. The van der Waals surface area contributed by atoms with Crippen molar-refractivity contribution in [3.05, 3.63) is 63.4 Å². The van der Waals surface area contributed by atoms with Gasteiger partial charge in [-0.15, -0.1) is 0 Å². The van der Waals surface area contributed by atoms with Crippen molar-refractivity contribution in [2.75, 3.05) is 0 Å². The Morgan fingerprint density at radius 2 is 1.88 bits per heavy atom. The lowest BCUT2D eigenvalue weighted by Crippen LogP contribution is -2.51. The molecule has 0 radical (unpaired) electrons. The molecule has 5 rings (SSSR count). The highest BCUT2D eigenvalue weighted by Gasteiger charge is 2.95. The normalized spacial score (nSPS) is 33.9. The fourth-order valence-corrected chi connectivity index (χ4v) is 6.96. The molecule has 7 atom stereocenters. The monoisotopic (exact) mass is 583 g/mol. The standard InChI is InChI=1S/C25H31FN3O10P/c1-15(19(31)36-16-9-5-3-6-10-16)28-40(35,38-17-11-7-4-8-12-17)39-20-24(34)23(2,33)21(37-25(20,24)26)29-14-13-18(30)27-22(29)32/h4,7-8,11-16,20-21,33-34H,3,5-6,9-10H2,1-2H3,(H,28,35)(H,27,30,32)/t15?,20?,21-,23+,24+,25-,40?/m1/s1. The van der Waals surface area contributed by atoms with E-state index < -0.39 is 60.4 Å². The number of alkyl halides is 1. The van der Waals surface area contributed by atoms with Gasteiger partial charge in [-0.1, -0.05) is 24.6 Å². The SMILES string of the molecule is CC(NP(=O)(Oc1ccccc1)OC1[C@]2(O)[C@@](C)(O)[C@H](n3ccc(=O)[nH]c3=O)O[C@]12F)C(=O)OC1CCCCC1. The number of benzene rings is 1. The molecule has 1 aromatic carbocycles. The summed E-state index contributed by atoms with van der Waals surface area (Å²) in [5.41, 5.74) is -7.09. The van der Waals surface area contributed by atoms with Gasteiger partial charge in [-0.05, 0) is 51.7 Å². The van der Waals surface area contributed by atoms with Crippen LogP contribution in [0.25, 0.3) is 0 Å². The quantitative estimate of drug-likeness (QED) is 0.249. The van der Waals surface area contributed by atoms with E-state index in [1.165, 1.54) is 19.1 Å². The van der Waals surface area contributed by atoms with E-state index in [-0.39, 0.29) is 11.9 Å². The number of carbonyl (C=O) groups is 1. The van der Waals surface area contributed by atoms with Crippen molar-refractivity contribution in [2.45, 2.75) is 87.5 Å². The van der Waals surface area contributed by atoms with Crippen molar-refractivity contribution in [1.29, 1.82) is 0 Å². The second-order valence-corrected chi connectivity index (χ2v) is 12.1. The third kappa shape index (κ3) is 4.82. The van der Waals surface area contributed by atoms with Crippen LogP contribution in [-0.2, 0) is 23.4 Å².